The summed E-state index contributed by atoms with van der Waals surface area (Å²) in [5, 5.41) is 4.33. The van der Waals surface area contributed by atoms with E-state index in [-0.39, 0.29) is 0 Å². The summed E-state index contributed by atoms with van der Waals surface area (Å²) in [5.74, 6) is 1.30. The molecule has 5 heteroatoms. The minimum absolute atomic E-state index is 0.462. The zero-order valence-electron chi connectivity index (χ0n) is 10.6. The minimum atomic E-state index is 0.462. The number of anilines is 1. The molecule has 0 aliphatic carbocycles. The van der Waals surface area contributed by atoms with Crippen LogP contribution in [-0.2, 0) is 6.54 Å². The minimum Gasteiger partial charge on any atom is -0.497 e. The van der Waals surface area contributed by atoms with Crippen LogP contribution in [0.4, 0.5) is 5.82 Å². The van der Waals surface area contributed by atoms with Gasteiger partial charge in [0.15, 0.2) is 5.82 Å². The third-order valence-electron chi connectivity index (χ3n) is 3.03. The summed E-state index contributed by atoms with van der Waals surface area (Å²) in [6.45, 7) is 0.656. The van der Waals surface area contributed by atoms with E-state index in [1.54, 1.807) is 13.3 Å². The van der Waals surface area contributed by atoms with Crippen LogP contribution in [-0.4, -0.2) is 21.9 Å². The van der Waals surface area contributed by atoms with Crippen molar-refractivity contribution in [3.8, 4) is 5.75 Å². The van der Waals surface area contributed by atoms with Crippen molar-refractivity contribution in [1.82, 2.24) is 14.8 Å². The van der Waals surface area contributed by atoms with Crippen LogP contribution < -0.4 is 10.5 Å². The third kappa shape index (κ3) is 2.10. The van der Waals surface area contributed by atoms with Crippen molar-refractivity contribution < 1.29 is 4.74 Å². The Bertz CT molecular complexity index is 703. The summed E-state index contributed by atoms with van der Waals surface area (Å²) in [6.07, 6.45) is 1.72. The fourth-order valence-electron chi connectivity index (χ4n) is 2.06. The molecule has 2 heterocycles. The summed E-state index contributed by atoms with van der Waals surface area (Å²) >= 11 is 0. The lowest BCUT2D eigenvalue weighted by molar-refractivity contribution is 0.414. The average molecular weight is 254 g/mol. The van der Waals surface area contributed by atoms with Crippen LogP contribution in [0.25, 0.3) is 11.0 Å². The molecule has 0 aliphatic heterocycles. The molecule has 19 heavy (non-hydrogen) atoms. The van der Waals surface area contributed by atoms with Crippen molar-refractivity contribution >= 4 is 16.9 Å². The van der Waals surface area contributed by atoms with Crippen LogP contribution in [0.3, 0.4) is 0 Å². The number of nitrogens with zero attached hydrogens (tertiary/aromatic N) is 3. The van der Waals surface area contributed by atoms with E-state index in [0.29, 0.717) is 12.4 Å². The molecule has 0 atom stereocenters. The van der Waals surface area contributed by atoms with Crippen molar-refractivity contribution in [2.24, 2.45) is 0 Å². The normalized spacial score (nSPS) is 10.8. The highest BCUT2D eigenvalue weighted by Crippen LogP contribution is 2.19. The van der Waals surface area contributed by atoms with E-state index in [9.17, 15) is 0 Å². The summed E-state index contributed by atoms with van der Waals surface area (Å²) in [6, 6.07) is 11.7. The molecule has 0 spiro atoms. The number of methoxy groups -OCH3 is 1. The van der Waals surface area contributed by atoms with Gasteiger partial charge in [0.05, 0.1) is 19.2 Å². The molecule has 0 amide bonds. The Balaban J connectivity index is 1.96. The highest BCUT2D eigenvalue weighted by molar-refractivity contribution is 5.84. The summed E-state index contributed by atoms with van der Waals surface area (Å²) in [4.78, 5) is 4.24. The molecular formula is C14H14N4O. The number of ether oxygens (including phenoxy) is 1. The second kappa shape index (κ2) is 4.61. The van der Waals surface area contributed by atoms with Crippen LogP contribution in [0.15, 0.2) is 42.6 Å². The maximum Gasteiger partial charge on any atom is 0.172 e. The lowest BCUT2D eigenvalue weighted by Gasteiger charge is -2.05. The molecular weight excluding hydrogens is 240 g/mol. The molecule has 3 aromatic rings. The molecule has 0 unspecified atom stereocenters. The number of rotatable bonds is 3. The molecule has 5 nitrogen and oxygen atoms in total. The Labute approximate surface area is 110 Å². The predicted molar refractivity (Wildman–Crippen MR) is 74.0 cm³/mol. The molecule has 0 bridgehead atoms. The quantitative estimate of drug-likeness (QED) is 0.777. The van der Waals surface area contributed by atoms with Crippen LogP contribution in [0, 0.1) is 0 Å². The summed E-state index contributed by atoms with van der Waals surface area (Å²) in [7, 11) is 1.66. The first kappa shape index (κ1) is 11.5. The van der Waals surface area contributed by atoms with Gasteiger partial charge in [0.2, 0.25) is 0 Å². The van der Waals surface area contributed by atoms with Crippen molar-refractivity contribution in [1.29, 1.82) is 0 Å². The van der Waals surface area contributed by atoms with E-state index in [0.717, 1.165) is 22.3 Å². The third-order valence-corrected chi connectivity index (χ3v) is 3.03. The molecule has 3 rings (SSSR count). The van der Waals surface area contributed by atoms with Crippen LogP contribution in [0.2, 0.25) is 0 Å². The summed E-state index contributed by atoms with van der Waals surface area (Å²) in [5.41, 5.74) is 8.68. The van der Waals surface area contributed by atoms with Gasteiger partial charge < -0.3 is 10.5 Å². The Morgan fingerprint density at radius 2 is 2.00 bits per heavy atom. The van der Waals surface area contributed by atoms with E-state index in [1.807, 2.05) is 41.1 Å². The number of nitrogens with two attached hydrogens (primary N) is 1. The van der Waals surface area contributed by atoms with Gasteiger partial charge in [-0.1, -0.05) is 12.1 Å². The molecule has 0 radical (unpaired) electrons. The molecule has 1 aromatic carbocycles. The number of aromatic nitrogens is 3. The van der Waals surface area contributed by atoms with Gasteiger partial charge in [-0.2, -0.15) is 5.10 Å². The lowest BCUT2D eigenvalue weighted by atomic mass is 10.2. The monoisotopic (exact) mass is 254 g/mol. The molecule has 0 aliphatic rings. The van der Waals surface area contributed by atoms with Crippen LogP contribution in [0.1, 0.15) is 5.56 Å². The van der Waals surface area contributed by atoms with Crippen molar-refractivity contribution in [3.05, 3.63) is 48.2 Å². The van der Waals surface area contributed by atoms with Gasteiger partial charge in [-0.3, -0.25) is 9.67 Å². The summed E-state index contributed by atoms with van der Waals surface area (Å²) < 4.78 is 7.00. The number of fused-ring (bicyclic) bond motifs is 1. The molecule has 0 saturated heterocycles. The molecule has 2 aromatic heterocycles. The van der Waals surface area contributed by atoms with Gasteiger partial charge in [0.1, 0.15) is 11.3 Å². The smallest absolute Gasteiger partial charge is 0.172 e. The predicted octanol–water partition coefficient (Wildman–Crippen LogP) is 2.07. The van der Waals surface area contributed by atoms with E-state index in [2.05, 4.69) is 10.1 Å². The SMILES string of the molecule is COc1ccc(Cn2nc(N)c3ncccc32)cc1. The van der Waals surface area contributed by atoms with Gasteiger partial charge >= 0.3 is 0 Å². The Morgan fingerprint density at radius 3 is 2.74 bits per heavy atom. The fourth-order valence-corrected chi connectivity index (χ4v) is 2.06. The Hall–Kier alpha value is -2.56. The number of nitrogen functional groups attached to an aromatic ring is 1. The van der Waals surface area contributed by atoms with Crippen LogP contribution >= 0.6 is 0 Å². The maximum atomic E-state index is 5.86. The molecule has 0 saturated carbocycles. The standard InChI is InChI=1S/C14H14N4O/c1-19-11-6-4-10(5-7-11)9-18-12-3-2-8-16-13(12)14(15)17-18/h2-8H,9H2,1H3,(H2,15,17). The van der Waals surface area contributed by atoms with E-state index in [1.165, 1.54) is 0 Å². The van der Waals surface area contributed by atoms with Gasteiger partial charge in [-0.15, -0.1) is 0 Å². The fraction of sp³-hybridized carbons (Fsp3) is 0.143. The molecule has 2 N–H and O–H groups in total. The van der Waals surface area contributed by atoms with Gasteiger partial charge in [-0.05, 0) is 29.8 Å². The Morgan fingerprint density at radius 1 is 1.21 bits per heavy atom. The zero-order valence-corrected chi connectivity index (χ0v) is 10.6. The van der Waals surface area contributed by atoms with Crippen molar-refractivity contribution in [2.45, 2.75) is 6.54 Å². The molecule has 0 fully saturated rings. The van der Waals surface area contributed by atoms with Crippen molar-refractivity contribution in [2.75, 3.05) is 12.8 Å². The van der Waals surface area contributed by atoms with E-state index in [4.69, 9.17) is 10.5 Å². The zero-order chi connectivity index (χ0) is 13.2. The largest absolute Gasteiger partial charge is 0.497 e. The molecule has 96 valence electrons. The van der Waals surface area contributed by atoms with Gasteiger partial charge in [0.25, 0.3) is 0 Å². The van der Waals surface area contributed by atoms with E-state index >= 15 is 0 Å². The number of pyridine rings is 1. The first-order chi connectivity index (χ1) is 9.28. The topological polar surface area (TPSA) is 66.0 Å². The average Bonchev–Trinajstić information content (AvgIpc) is 2.77. The number of benzene rings is 1. The highest BCUT2D eigenvalue weighted by atomic mass is 16.5. The number of hydrogen-bond acceptors (Lipinski definition) is 4. The highest BCUT2D eigenvalue weighted by Gasteiger charge is 2.08. The second-order valence-corrected chi connectivity index (χ2v) is 4.26. The first-order valence-electron chi connectivity index (χ1n) is 5.98. The van der Waals surface area contributed by atoms with Crippen LogP contribution in [0.5, 0.6) is 5.75 Å². The number of hydrogen-bond donors (Lipinski definition) is 1. The van der Waals surface area contributed by atoms with Crippen molar-refractivity contribution in [3.63, 3.8) is 0 Å². The van der Waals surface area contributed by atoms with Gasteiger partial charge in [-0.25, -0.2) is 0 Å². The Kier molecular flexibility index (Phi) is 2.79. The second-order valence-electron chi connectivity index (χ2n) is 4.26. The lowest BCUT2D eigenvalue weighted by Crippen LogP contribution is -2.02. The van der Waals surface area contributed by atoms with Gasteiger partial charge in [0, 0.05) is 6.20 Å². The van der Waals surface area contributed by atoms with E-state index < -0.39 is 0 Å². The maximum absolute atomic E-state index is 5.86. The first-order valence-corrected chi connectivity index (χ1v) is 5.98.